The summed E-state index contributed by atoms with van der Waals surface area (Å²) in [7, 11) is 0. The molecule has 1 unspecified atom stereocenters. The Kier molecular flexibility index (Phi) is 3.06. The second kappa shape index (κ2) is 4.07. The molecule has 0 aliphatic carbocycles. The van der Waals surface area contributed by atoms with Gasteiger partial charge in [0.05, 0.1) is 6.10 Å². The van der Waals surface area contributed by atoms with E-state index in [-0.39, 0.29) is 0 Å². The highest BCUT2D eigenvalue weighted by atomic mass is 16.3. The summed E-state index contributed by atoms with van der Waals surface area (Å²) in [5.41, 5.74) is 2.14. The molecule has 1 atom stereocenters. The highest BCUT2D eigenvalue weighted by molar-refractivity contribution is 5.24. The minimum absolute atomic E-state index is 0.401. The lowest BCUT2D eigenvalue weighted by Gasteiger charge is -2.08. The standard InChI is InChI=1S/C11H14O/c1-3-5-11(12)10-7-4-6-9(2)8-10/h3-4,6-8,11-12H,1,5H2,2H3. The van der Waals surface area contributed by atoms with Crippen LogP contribution in [-0.2, 0) is 0 Å². The quantitative estimate of drug-likeness (QED) is 0.677. The molecule has 0 amide bonds. The smallest absolute Gasteiger partial charge is 0.0824 e. The third kappa shape index (κ3) is 2.21. The van der Waals surface area contributed by atoms with Crippen molar-refractivity contribution in [3.05, 3.63) is 48.0 Å². The molecule has 0 aromatic heterocycles. The number of rotatable bonds is 3. The highest BCUT2D eigenvalue weighted by Gasteiger charge is 2.03. The van der Waals surface area contributed by atoms with E-state index in [9.17, 15) is 5.11 Å². The number of hydrogen-bond donors (Lipinski definition) is 1. The summed E-state index contributed by atoms with van der Waals surface area (Å²) in [6, 6.07) is 7.90. The lowest BCUT2D eigenvalue weighted by atomic mass is 10.0. The van der Waals surface area contributed by atoms with E-state index >= 15 is 0 Å². The van der Waals surface area contributed by atoms with E-state index in [0.717, 1.165) is 5.56 Å². The van der Waals surface area contributed by atoms with Crippen LogP contribution in [0.15, 0.2) is 36.9 Å². The second-order valence-electron chi connectivity index (χ2n) is 2.95. The largest absolute Gasteiger partial charge is 0.388 e. The van der Waals surface area contributed by atoms with Crippen molar-refractivity contribution in [3.8, 4) is 0 Å². The molecule has 0 bridgehead atoms. The van der Waals surface area contributed by atoms with Gasteiger partial charge in [-0.2, -0.15) is 0 Å². The summed E-state index contributed by atoms with van der Waals surface area (Å²) in [6.07, 6.45) is 1.94. The first-order chi connectivity index (χ1) is 5.74. The van der Waals surface area contributed by atoms with Gasteiger partial charge in [-0.25, -0.2) is 0 Å². The molecule has 0 heterocycles. The Labute approximate surface area is 73.4 Å². The van der Waals surface area contributed by atoms with Crippen molar-refractivity contribution < 1.29 is 5.11 Å². The van der Waals surface area contributed by atoms with Crippen LogP contribution in [-0.4, -0.2) is 5.11 Å². The summed E-state index contributed by atoms with van der Waals surface area (Å²) in [6.45, 7) is 5.61. The molecule has 64 valence electrons. The fourth-order valence-corrected chi connectivity index (χ4v) is 1.17. The number of hydrogen-bond acceptors (Lipinski definition) is 1. The van der Waals surface area contributed by atoms with Gasteiger partial charge in [0.1, 0.15) is 0 Å². The average Bonchev–Trinajstić information content (AvgIpc) is 2.05. The SMILES string of the molecule is C=CCC(O)c1cccc(C)c1. The molecule has 1 aromatic carbocycles. The first kappa shape index (κ1) is 9.01. The maximum absolute atomic E-state index is 9.57. The molecular formula is C11H14O. The predicted octanol–water partition coefficient (Wildman–Crippen LogP) is 2.60. The Bertz CT molecular complexity index is 265. The molecule has 1 rings (SSSR count). The van der Waals surface area contributed by atoms with Gasteiger partial charge in [0.2, 0.25) is 0 Å². The zero-order valence-electron chi connectivity index (χ0n) is 7.33. The number of benzene rings is 1. The lowest BCUT2D eigenvalue weighted by molar-refractivity contribution is 0.181. The molecule has 12 heavy (non-hydrogen) atoms. The Hall–Kier alpha value is -1.08. The number of aliphatic hydroxyl groups is 1. The third-order valence-electron chi connectivity index (χ3n) is 1.82. The number of aryl methyl sites for hydroxylation is 1. The van der Waals surface area contributed by atoms with Crippen LogP contribution in [0.5, 0.6) is 0 Å². The van der Waals surface area contributed by atoms with Crippen molar-refractivity contribution in [3.63, 3.8) is 0 Å². The summed E-state index contributed by atoms with van der Waals surface area (Å²) in [5.74, 6) is 0. The van der Waals surface area contributed by atoms with Crippen molar-refractivity contribution >= 4 is 0 Å². The lowest BCUT2D eigenvalue weighted by Crippen LogP contribution is -1.95. The van der Waals surface area contributed by atoms with Gasteiger partial charge in [-0.1, -0.05) is 35.9 Å². The summed E-state index contributed by atoms with van der Waals surface area (Å²) >= 11 is 0. The molecule has 1 heteroatoms. The first-order valence-electron chi connectivity index (χ1n) is 4.09. The summed E-state index contributed by atoms with van der Waals surface area (Å²) < 4.78 is 0. The van der Waals surface area contributed by atoms with Crippen LogP contribution in [0.25, 0.3) is 0 Å². The molecule has 0 aliphatic rings. The Morgan fingerprint density at radius 2 is 2.33 bits per heavy atom. The molecule has 0 saturated heterocycles. The van der Waals surface area contributed by atoms with Gasteiger partial charge < -0.3 is 5.11 Å². The van der Waals surface area contributed by atoms with Crippen molar-refractivity contribution in [1.29, 1.82) is 0 Å². The molecule has 0 spiro atoms. The first-order valence-corrected chi connectivity index (χ1v) is 4.09. The average molecular weight is 162 g/mol. The maximum Gasteiger partial charge on any atom is 0.0824 e. The fraction of sp³-hybridized carbons (Fsp3) is 0.273. The van der Waals surface area contributed by atoms with E-state index in [1.807, 2.05) is 31.2 Å². The van der Waals surface area contributed by atoms with Gasteiger partial charge in [0.15, 0.2) is 0 Å². The zero-order chi connectivity index (χ0) is 8.97. The molecule has 1 N–H and O–H groups in total. The minimum atomic E-state index is -0.401. The normalized spacial score (nSPS) is 12.5. The van der Waals surface area contributed by atoms with Gasteiger partial charge >= 0.3 is 0 Å². The van der Waals surface area contributed by atoms with Gasteiger partial charge in [-0.15, -0.1) is 6.58 Å². The van der Waals surface area contributed by atoms with Crippen molar-refractivity contribution in [2.24, 2.45) is 0 Å². The summed E-state index contributed by atoms with van der Waals surface area (Å²) in [4.78, 5) is 0. The third-order valence-corrected chi connectivity index (χ3v) is 1.82. The molecule has 1 nitrogen and oxygen atoms in total. The minimum Gasteiger partial charge on any atom is -0.388 e. The fourth-order valence-electron chi connectivity index (χ4n) is 1.17. The Morgan fingerprint density at radius 1 is 1.58 bits per heavy atom. The molecule has 0 aliphatic heterocycles. The van der Waals surface area contributed by atoms with Crippen molar-refractivity contribution in [1.82, 2.24) is 0 Å². The van der Waals surface area contributed by atoms with Crippen LogP contribution < -0.4 is 0 Å². The predicted molar refractivity (Wildman–Crippen MR) is 51.0 cm³/mol. The Morgan fingerprint density at radius 3 is 2.92 bits per heavy atom. The van der Waals surface area contributed by atoms with Crippen LogP contribution in [0.2, 0.25) is 0 Å². The van der Waals surface area contributed by atoms with Gasteiger partial charge in [-0.3, -0.25) is 0 Å². The topological polar surface area (TPSA) is 20.2 Å². The Balaban J connectivity index is 2.80. The monoisotopic (exact) mass is 162 g/mol. The van der Waals surface area contributed by atoms with Crippen LogP contribution in [0.4, 0.5) is 0 Å². The van der Waals surface area contributed by atoms with Crippen LogP contribution >= 0.6 is 0 Å². The van der Waals surface area contributed by atoms with E-state index in [0.29, 0.717) is 6.42 Å². The number of aliphatic hydroxyl groups excluding tert-OH is 1. The second-order valence-corrected chi connectivity index (χ2v) is 2.95. The van der Waals surface area contributed by atoms with E-state index < -0.39 is 6.10 Å². The molecule has 1 aromatic rings. The molecule has 0 fully saturated rings. The molecular weight excluding hydrogens is 148 g/mol. The highest BCUT2D eigenvalue weighted by Crippen LogP contribution is 2.17. The van der Waals surface area contributed by atoms with E-state index in [4.69, 9.17) is 0 Å². The van der Waals surface area contributed by atoms with E-state index in [1.165, 1.54) is 5.56 Å². The molecule has 0 radical (unpaired) electrons. The van der Waals surface area contributed by atoms with Crippen molar-refractivity contribution in [2.45, 2.75) is 19.4 Å². The van der Waals surface area contributed by atoms with E-state index in [1.54, 1.807) is 6.08 Å². The molecule has 0 saturated carbocycles. The summed E-state index contributed by atoms with van der Waals surface area (Å²) in [5, 5.41) is 9.57. The van der Waals surface area contributed by atoms with E-state index in [2.05, 4.69) is 6.58 Å². The van der Waals surface area contributed by atoms with Crippen LogP contribution in [0.3, 0.4) is 0 Å². The van der Waals surface area contributed by atoms with Crippen LogP contribution in [0.1, 0.15) is 23.7 Å². The van der Waals surface area contributed by atoms with Gasteiger partial charge in [-0.05, 0) is 18.9 Å². The zero-order valence-corrected chi connectivity index (χ0v) is 7.33. The van der Waals surface area contributed by atoms with Gasteiger partial charge in [0, 0.05) is 0 Å². The maximum atomic E-state index is 9.57. The van der Waals surface area contributed by atoms with Crippen molar-refractivity contribution in [2.75, 3.05) is 0 Å². The van der Waals surface area contributed by atoms with Crippen LogP contribution in [0, 0.1) is 6.92 Å². The van der Waals surface area contributed by atoms with Gasteiger partial charge in [0.25, 0.3) is 0 Å².